The molecule has 0 bridgehead atoms. The van der Waals surface area contributed by atoms with Crippen molar-refractivity contribution < 1.29 is 9.53 Å². The standard InChI is InChI=1S/C13H13NO2S/c1-8-3-6-12(17-8)13(15)10-5-4-9(16-2)7-11(10)14/h3-7H,14H2,1-2H3. The maximum Gasteiger partial charge on any atom is 0.205 e. The minimum Gasteiger partial charge on any atom is -0.497 e. The molecule has 0 aliphatic rings. The number of rotatable bonds is 3. The minimum atomic E-state index is -0.0387. The number of hydrogen-bond donors (Lipinski definition) is 1. The molecule has 0 unspecified atom stereocenters. The van der Waals surface area contributed by atoms with Gasteiger partial charge in [0.05, 0.1) is 12.0 Å². The zero-order valence-corrected chi connectivity index (χ0v) is 10.5. The highest BCUT2D eigenvalue weighted by Gasteiger charge is 2.14. The number of carbonyl (C=O) groups is 1. The second kappa shape index (κ2) is 4.59. The van der Waals surface area contributed by atoms with Crippen molar-refractivity contribution in [2.24, 2.45) is 0 Å². The second-order valence-corrected chi connectivity index (χ2v) is 4.98. The molecule has 1 aromatic carbocycles. The number of ketones is 1. The smallest absolute Gasteiger partial charge is 0.205 e. The van der Waals surface area contributed by atoms with E-state index in [2.05, 4.69) is 0 Å². The molecule has 0 saturated heterocycles. The first-order valence-corrected chi connectivity index (χ1v) is 5.98. The monoisotopic (exact) mass is 247 g/mol. The third-order valence-electron chi connectivity index (χ3n) is 2.47. The largest absolute Gasteiger partial charge is 0.497 e. The molecule has 0 amide bonds. The van der Waals surface area contributed by atoms with Crippen LogP contribution in [0.25, 0.3) is 0 Å². The first-order valence-electron chi connectivity index (χ1n) is 5.16. The van der Waals surface area contributed by atoms with Gasteiger partial charge in [0.1, 0.15) is 5.75 Å². The zero-order chi connectivity index (χ0) is 12.4. The number of anilines is 1. The van der Waals surface area contributed by atoms with Crippen molar-refractivity contribution in [3.8, 4) is 5.75 Å². The SMILES string of the molecule is COc1ccc(C(=O)c2ccc(C)s2)c(N)c1. The Balaban J connectivity index is 2.37. The summed E-state index contributed by atoms with van der Waals surface area (Å²) in [5.74, 6) is 0.615. The summed E-state index contributed by atoms with van der Waals surface area (Å²) in [6.07, 6.45) is 0. The van der Waals surface area contributed by atoms with Gasteiger partial charge < -0.3 is 10.5 Å². The highest BCUT2D eigenvalue weighted by molar-refractivity contribution is 7.14. The van der Waals surface area contributed by atoms with Gasteiger partial charge >= 0.3 is 0 Å². The lowest BCUT2D eigenvalue weighted by Crippen LogP contribution is -2.03. The molecule has 3 nitrogen and oxygen atoms in total. The van der Waals surface area contributed by atoms with Crippen molar-refractivity contribution in [2.45, 2.75) is 6.92 Å². The molecule has 0 aliphatic carbocycles. The number of hydrogen-bond acceptors (Lipinski definition) is 4. The lowest BCUT2D eigenvalue weighted by atomic mass is 10.1. The molecule has 0 atom stereocenters. The van der Waals surface area contributed by atoms with Crippen molar-refractivity contribution in [1.82, 2.24) is 0 Å². The fourth-order valence-corrected chi connectivity index (χ4v) is 2.39. The second-order valence-electron chi connectivity index (χ2n) is 3.69. The minimum absolute atomic E-state index is 0.0387. The summed E-state index contributed by atoms with van der Waals surface area (Å²) in [5, 5.41) is 0. The summed E-state index contributed by atoms with van der Waals surface area (Å²) >= 11 is 1.47. The van der Waals surface area contributed by atoms with E-state index in [9.17, 15) is 4.79 Å². The van der Waals surface area contributed by atoms with Gasteiger partial charge in [-0.3, -0.25) is 4.79 Å². The van der Waals surface area contributed by atoms with Crippen LogP contribution in [0.5, 0.6) is 5.75 Å². The third kappa shape index (κ3) is 2.31. The molecule has 2 rings (SSSR count). The lowest BCUT2D eigenvalue weighted by Gasteiger charge is -2.05. The van der Waals surface area contributed by atoms with Gasteiger partial charge in [-0.15, -0.1) is 11.3 Å². The normalized spacial score (nSPS) is 10.2. The number of nitrogens with two attached hydrogens (primary N) is 1. The molecule has 0 spiro atoms. The summed E-state index contributed by atoms with van der Waals surface area (Å²) < 4.78 is 5.05. The quantitative estimate of drug-likeness (QED) is 0.670. The Hall–Kier alpha value is -1.81. The highest BCUT2D eigenvalue weighted by atomic mass is 32.1. The maximum atomic E-state index is 12.2. The van der Waals surface area contributed by atoms with Crippen LogP contribution < -0.4 is 10.5 Å². The number of carbonyl (C=O) groups excluding carboxylic acids is 1. The molecular formula is C13H13NO2S. The predicted octanol–water partition coefficient (Wildman–Crippen LogP) is 2.88. The van der Waals surface area contributed by atoms with Crippen molar-refractivity contribution in [3.63, 3.8) is 0 Å². The van der Waals surface area contributed by atoms with Crippen LogP contribution in [0.3, 0.4) is 0 Å². The van der Waals surface area contributed by atoms with E-state index in [0.717, 1.165) is 4.88 Å². The summed E-state index contributed by atoms with van der Waals surface area (Å²) in [7, 11) is 1.57. The Labute approximate surface area is 104 Å². The van der Waals surface area contributed by atoms with Gasteiger partial charge in [-0.05, 0) is 31.2 Å². The van der Waals surface area contributed by atoms with Crippen LogP contribution >= 0.6 is 11.3 Å². The van der Waals surface area contributed by atoms with Gasteiger partial charge in [0, 0.05) is 22.2 Å². The predicted molar refractivity (Wildman–Crippen MR) is 69.9 cm³/mol. The molecule has 1 aromatic heterocycles. The van der Waals surface area contributed by atoms with Crippen LogP contribution in [0.2, 0.25) is 0 Å². The van der Waals surface area contributed by atoms with Gasteiger partial charge in [-0.2, -0.15) is 0 Å². The number of thiophene rings is 1. The Morgan fingerprint density at radius 1 is 1.29 bits per heavy atom. The highest BCUT2D eigenvalue weighted by Crippen LogP contribution is 2.25. The van der Waals surface area contributed by atoms with Gasteiger partial charge in [-0.1, -0.05) is 0 Å². The Morgan fingerprint density at radius 2 is 2.06 bits per heavy atom. The average Bonchev–Trinajstić information content (AvgIpc) is 2.75. The molecule has 4 heteroatoms. The van der Waals surface area contributed by atoms with E-state index in [1.54, 1.807) is 25.3 Å². The molecule has 1 heterocycles. The Morgan fingerprint density at radius 3 is 2.59 bits per heavy atom. The van der Waals surface area contributed by atoms with E-state index < -0.39 is 0 Å². The van der Waals surface area contributed by atoms with E-state index >= 15 is 0 Å². The summed E-state index contributed by atoms with van der Waals surface area (Å²) in [6.45, 7) is 1.97. The van der Waals surface area contributed by atoms with E-state index in [1.807, 2.05) is 19.1 Å². The van der Waals surface area contributed by atoms with Crippen molar-refractivity contribution >= 4 is 22.8 Å². The molecule has 0 saturated carbocycles. The van der Waals surface area contributed by atoms with Crippen LogP contribution in [0.15, 0.2) is 30.3 Å². The Kier molecular flexibility index (Phi) is 3.15. The molecule has 0 aliphatic heterocycles. The number of ether oxygens (including phenoxy) is 1. The summed E-state index contributed by atoms with van der Waals surface area (Å²) in [5.41, 5.74) is 6.81. The van der Waals surface area contributed by atoms with Crippen LogP contribution in [0.1, 0.15) is 20.1 Å². The number of methoxy groups -OCH3 is 1. The molecule has 2 aromatic rings. The number of nitrogen functional groups attached to an aromatic ring is 1. The van der Waals surface area contributed by atoms with Crippen LogP contribution in [-0.4, -0.2) is 12.9 Å². The van der Waals surface area contributed by atoms with Crippen LogP contribution in [-0.2, 0) is 0 Å². The molecule has 0 radical (unpaired) electrons. The summed E-state index contributed by atoms with van der Waals surface area (Å²) in [6, 6.07) is 8.85. The van der Waals surface area contributed by atoms with Crippen molar-refractivity contribution in [1.29, 1.82) is 0 Å². The summed E-state index contributed by atoms with van der Waals surface area (Å²) in [4.78, 5) is 14.0. The number of benzene rings is 1. The van der Waals surface area contributed by atoms with Gasteiger partial charge in [0.25, 0.3) is 0 Å². The van der Waals surface area contributed by atoms with Crippen LogP contribution in [0, 0.1) is 6.92 Å². The van der Waals surface area contributed by atoms with Crippen molar-refractivity contribution in [3.05, 3.63) is 45.6 Å². The first-order chi connectivity index (χ1) is 8.11. The van der Waals surface area contributed by atoms with Crippen LogP contribution in [0.4, 0.5) is 5.69 Å². The van der Waals surface area contributed by atoms with E-state index in [-0.39, 0.29) is 5.78 Å². The zero-order valence-electron chi connectivity index (χ0n) is 9.69. The fraction of sp³-hybridized carbons (Fsp3) is 0.154. The van der Waals surface area contributed by atoms with E-state index in [4.69, 9.17) is 10.5 Å². The van der Waals surface area contributed by atoms with Gasteiger partial charge in [-0.25, -0.2) is 0 Å². The lowest BCUT2D eigenvalue weighted by molar-refractivity contribution is 0.104. The van der Waals surface area contributed by atoms with Crippen molar-refractivity contribution in [2.75, 3.05) is 12.8 Å². The molecule has 88 valence electrons. The van der Waals surface area contributed by atoms with Gasteiger partial charge in [0.2, 0.25) is 5.78 Å². The number of aryl methyl sites for hydroxylation is 1. The Bertz CT molecular complexity index is 560. The van der Waals surface area contributed by atoms with Gasteiger partial charge in [0.15, 0.2) is 0 Å². The molecule has 0 fully saturated rings. The van der Waals surface area contributed by atoms with E-state index in [1.165, 1.54) is 11.3 Å². The average molecular weight is 247 g/mol. The van der Waals surface area contributed by atoms with E-state index in [0.29, 0.717) is 21.9 Å². The molecule has 2 N–H and O–H groups in total. The molecule has 17 heavy (non-hydrogen) atoms. The fourth-order valence-electron chi connectivity index (χ4n) is 1.56. The third-order valence-corrected chi connectivity index (χ3v) is 3.47. The topological polar surface area (TPSA) is 52.3 Å². The molecular weight excluding hydrogens is 234 g/mol. The first kappa shape index (κ1) is 11.7. The maximum absolute atomic E-state index is 12.2.